The van der Waals surface area contributed by atoms with E-state index in [-0.39, 0.29) is 11.0 Å². The van der Waals surface area contributed by atoms with E-state index in [0.29, 0.717) is 39.0 Å². The molecule has 0 aliphatic rings. The van der Waals surface area contributed by atoms with E-state index >= 15 is 0 Å². The Balaban J connectivity index is -0.000000762. The van der Waals surface area contributed by atoms with E-state index in [2.05, 4.69) is 100 Å². The van der Waals surface area contributed by atoms with Gasteiger partial charge in [0.2, 0.25) is 0 Å². The van der Waals surface area contributed by atoms with Crippen molar-refractivity contribution in [2.45, 2.75) is 150 Å². The summed E-state index contributed by atoms with van der Waals surface area (Å²) in [6.45, 7) is 42.6. The maximum atomic E-state index is 7.00. The molecule has 0 atom stereocenters. The lowest BCUT2D eigenvalue weighted by Gasteiger charge is -2.29. The van der Waals surface area contributed by atoms with Crippen LogP contribution in [-0.2, 0) is 22.7 Å². The van der Waals surface area contributed by atoms with Crippen molar-refractivity contribution >= 4 is 0 Å². The van der Waals surface area contributed by atoms with Crippen LogP contribution < -0.4 is 9.47 Å². The van der Waals surface area contributed by atoms with E-state index in [1.807, 2.05) is 55.4 Å². The van der Waals surface area contributed by atoms with Crippen LogP contribution in [0.5, 0.6) is 11.5 Å². The Morgan fingerprint density at radius 2 is 0.889 bits per heavy atom. The van der Waals surface area contributed by atoms with Crippen LogP contribution in [0.4, 0.5) is 0 Å². The molecule has 5 heteroatoms. The van der Waals surface area contributed by atoms with Crippen LogP contribution in [0.15, 0.2) is 24.3 Å². The molecule has 266 valence electrons. The molecule has 0 aliphatic carbocycles. The molecule has 0 amide bonds. The van der Waals surface area contributed by atoms with E-state index < -0.39 is 0 Å². The zero-order valence-corrected chi connectivity index (χ0v) is 33.5. The fraction of sp³-hybridized carbons (Fsp3) is 0.700. The normalized spacial score (nSPS) is 10.3. The average molecular weight is 637 g/mol. The van der Waals surface area contributed by atoms with Gasteiger partial charge in [0.25, 0.3) is 0 Å². The lowest BCUT2D eigenvalue weighted by Crippen LogP contribution is -2.27. The molecular weight excluding hydrogens is 560 g/mol. The third-order valence-corrected chi connectivity index (χ3v) is 6.51. The zero-order chi connectivity index (χ0) is 36.4. The number of hydrogen-bond acceptors (Lipinski definition) is 5. The van der Waals surface area contributed by atoms with Gasteiger partial charge in [0, 0.05) is 12.5 Å². The van der Waals surface area contributed by atoms with Crippen LogP contribution in [0.1, 0.15) is 137 Å². The molecule has 0 saturated carbocycles. The maximum absolute atomic E-state index is 7.00. The fourth-order valence-electron chi connectivity index (χ4n) is 3.86. The third-order valence-electron chi connectivity index (χ3n) is 6.51. The molecule has 2 aromatic carbocycles. The number of aliphatic hydroxyl groups excluding tert-OH is 1. The monoisotopic (exact) mass is 637 g/mol. The number of aryl methyl sites for hydroxylation is 4. The summed E-state index contributed by atoms with van der Waals surface area (Å²) in [5, 5.41) is 7.00. The van der Waals surface area contributed by atoms with E-state index in [4.69, 9.17) is 24.1 Å². The van der Waals surface area contributed by atoms with Crippen molar-refractivity contribution in [2.75, 3.05) is 26.9 Å². The Hall–Kier alpha value is -2.08. The summed E-state index contributed by atoms with van der Waals surface area (Å²) in [6.07, 6.45) is 0. The second kappa shape index (κ2) is 28.2. The van der Waals surface area contributed by atoms with Gasteiger partial charge in [0.15, 0.2) is 0 Å². The van der Waals surface area contributed by atoms with Crippen LogP contribution in [-0.4, -0.2) is 37.6 Å². The summed E-state index contributed by atoms with van der Waals surface area (Å²) in [5.41, 5.74) is 6.84. The predicted octanol–water partition coefficient (Wildman–Crippen LogP) is 11.6. The minimum Gasteiger partial charge on any atom is -0.492 e. The van der Waals surface area contributed by atoms with Crippen molar-refractivity contribution in [3.05, 3.63) is 57.6 Å². The Morgan fingerprint density at radius 3 is 1.18 bits per heavy atom. The zero-order valence-electron chi connectivity index (χ0n) is 33.5. The molecule has 0 saturated heterocycles. The standard InChI is InChI=1S/C31H48O4.4C2H6.CH4O/c1-21(2)31(10,11)20-34-28-22(3)14-26(15-23(28)4)18-32-12-13-33-19-27-16-24(5)29(25(6)17-27)35-30(7,8)9;5*1-2/h14-17,21H,12-13,18-20H2,1-11H3;4*1-2H3;2H,1H3. The Labute approximate surface area is 281 Å². The first kappa shape index (κ1) is 49.8. The summed E-state index contributed by atoms with van der Waals surface area (Å²) in [6, 6.07) is 8.62. The van der Waals surface area contributed by atoms with Gasteiger partial charge >= 0.3 is 0 Å². The van der Waals surface area contributed by atoms with Gasteiger partial charge in [-0.2, -0.15) is 0 Å². The number of ether oxygens (including phenoxy) is 4. The number of rotatable bonds is 12. The molecule has 2 aromatic rings. The molecule has 0 fully saturated rings. The summed E-state index contributed by atoms with van der Waals surface area (Å²) in [4.78, 5) is 0. The number of benzene rings is 2. The van der Waals surface area contributed by atoms with Crippen molar-refractivity contribution in [1.82, 2.24) is 0 Å². The highest BCUT2D eigenvalue weighted by Crippen LogP contribution is 2.31. The van der Waals surface area contributed by atoms with Gasteiger partial charge in [-0.3, -0.25) is 0 Å². The highest BCUT2D eigenvalue weighted by atomic mass is 16.5. The molecule has 45 heavy (non-hydrogen) atoms. The van der Waals surface area contributed by atoms with Gasteiger partial charge in [0.05, 0.1) is 33.0 Å². The minimum absolute atomic E-state index is 0.139. The Morgan fingerprint density at radius 1 is 0.578 bits per heavy atom. The smallest absolute Gasteiger partial charge is 0.125 e. The molecule has 0 unspecified atom stereocenters. The van der Waals surface area contributed by atoms with Crippen molar-refractivity contribution in [2.24, 2.45) is 11.3 Å². The van der Waals surface area contributed by atoms with Crippen molar-refractivity contribution in [1.29, 1.82) is 0 Å². The lowest BCUT2D eigenvalue weighted by molar-refractivity contribution is 0.0338. The molecule has 2 rings (SSSR count). The first-order valence-electron chi connectivity index (χ1n) is 17.3. The molecular formula is C40H76O5. The van der Waals surface area contributed by atoms with Crippen molar-refractivity contribution in [3.8, 4) is 11.5 Å². The van der Waals surface area contributed by atoms with Crippen LogP contribution in [0.2, 0.25) is 0 Å². The average Bonchev–Trinajstić information content (AvgIpc) is 3.01. The maximum Gasteiger partial charge on any atom is 0.125 e. The number of hydrogen-bond donors (Lipinski definition) is 1. The predicted molar refractivity (Wildman–Crippen MR) is 199 cm³/mol. The fourth-order valence-corrected chi connectivity index (χ4v) is 3.86. The largest absolute Gasteiger partial charge is 0.492 e. The minimum atomic E-state index is -0.208. The molecule has 0 aliphatic heterocycles. The van der Waals surface area contributed by atoms with Gasteiger partial charge in [0.1, 0.15) is 17.1 Å². The van der Waals surface area contributed by atoms with E-state index in [1.165, 1.54) is 0 Å². The highest BCUT2D eigenvalue weighted by molar-refractivity contribution is 5.44. The second-order valence-corrected chi connectivity index (χ2v) is 11.9. The lowest BCUT2D eigenvalue weighted by atomic mass is 9.82. The van der Waals surface area contributed by atoms with Crippen LogP contribution in [0.3, 0.4) is 0 Å². The second-order valence-electron chi connectivity index (χ2n) is 11.9. The summed E-state index contributed by atoms with van der Waals surface area (Å²) < 4.78 is 24.1. The number of aliphatic hydroxyl groups is 1. The Bertz CT molecular complexity index is 925. The van der Waals surface area contributed by atoms with Crippen LogP contribution >= 0.6 is 0 Å². The van der Waals surface area contributed by atoms with Crippen molar-refractivity contribution in [3.63, 3.8) is 0 Å². The van der Waals surface area contributed by atoms with Crippen LogP contribution in [0.25, 0.3) is 0 Å². The third kappa shape index (κ3) is 21.4. The Kier molecular flexibility index (Phi) is 31.2. The first-order valence-corrected chi connectivity index (χ1v) is 17.3. The molecule has 0 radical (unpaired) electrons. The van der Waals surface area contributed by atoms with E-state index in [9.17, 15) is 0 Å². The molecule has 0 aromatic heterocycles. The van der Waals surface area contributed by atoms with Gasteiger partial charge < -0.3 is 24.1 Å². The highest BCUT2D eigenvalue weighted by Gasteiger charge is 2.24. The quantitative estimate of drug-likeness (QED) is 0.235. The molecule has 0 heterocycles. The molecule has 1 N–H and O–H groups in total. The summed E-state index contributed by atoms with van der Waals surface area (Å²) >= 11 is 0. The summed E-state index contributed by atoms with van der Waals surface area (Å²) in [7, 11) is 1.00. The van der Waals surface area contributed by atoms with Gasteiger partial charge in [-0.1, -0.05) is 107 Å². The molecule has 0 spiro atoms. The SMILES string of the molecule is CC.CC.CC.CC.CO.Cc1cc(COCCOCc2cc(C)c(OC(C)(C)C)c(C)c2)cc(C)c1OCC(C)(C)C(C)C. The topological polar surface area (TPSA) is 57.2 Å². The van der Waals surface area contributed by atoms with E-state index in [0.717, 1.165) is 52.0 Å². The molecule has 5 nitrogen and oxygen atoms in total. The summed E-state index contributed by atoms with van der Waals surface area (Å²) in [5.74, 6) is 2.53. The van der Waals surface area contributed by atoms with Gasteiger partial charge in [-0.05, 0) is 87.8 Å². The van der Waals surface area contributed by atoms with Crippen LogP contribution in [0, 0.1) is 39.0 Å². The van der Waals surface area contributed by atoms with Crippen molar-refractivity contribution < 1.29 is 24.1 Å². The first-order chi connectivity index (χ1) is 21.2. The van der Waals surface area contributed by atoms with E-state index in [1.54, 1.807) is 0 Å². The molecule has 0 bridgehead atoms. The van der Waals surface area contributed by atoms with Gasteiger partial charge in [-0.15, -0.1) is 0 Å². The van der Waals surface area contributed by atoms with Gasteiger partial charge in [-0.25, -0.2) is 0 Å².